The van der Waals surface area contributed by atoms with Crippen LogP contribution in [0.15, 0.2) is 0 Å². The summed E-state index contributed by atoms with van der Waals surface area (Å²) in [7, 11) is 0. The Kier molecular flexibility index (Phi) is 9.85. The summed E-state index contributed by atoms with van der Waals surface area (Å²) in [5, 5.41) is 100. The average molecular weight is 614 g/mol. The second-order valence-electron chi connectivity index (χ2n) is 8.38. The molecule has 0 bridgehead atoms. The zero-order valence-electron chi connectivity index (χ0n) is 17.7. The van der Waals surface area contributed by atoms with Gasteiger partial charge >= 0.3 is 0 Å². The molecule has 15 nitrogen and oxygen atoms in total. The van der Waals surface area contributed by atoms with E-state index < -0.39 is 105 Å². The van der Waals surface area contributed by atoms with E-state index in [0.29, 0.717) is 0 Å². The molecular weight excluding hydrogens is 583 g/mol. The molecule has 3 heterocycles. The van der Waals surface area contributed by atoms with Crippen molar-refractivity contribution in [3.63, 3.8) is 0 Å². The number of rotatable bonds is 7. The van der Waals surface area contributed by atoms with Gasteiger partial charge in [0, 0.05) is 0 Å². The minimum absolute atomic E-state index is 0.120. The number of ether oxygens (including phenoxy) is 5. The number of aliphatic hydroxyl groups is 10. The molecule has 0 spiro atoms. The van der Waals surface area contributed by atoms with Crippen LogP contribution in [0.3, 0.4) is 0 Å². The van der Waals surface area contributed by atoms with E-state index >= 15 is 0 Å². The average Bonchev–Trinajstić information content (AvgIpc) is 2.84. The molecule has 3 aliphatic heterocycles. The molecule has 16 heteroatoms. The lowest BCUT2D eigenvalue weighted by Crippen LogP contribution is -2.68. The van der Waals surface area contributed by atoms with Crippen molar-refractivity contribution in [3.05, 3.63) is 0 Å². The molecule has 0 amide bonds. The van der Waals surface area contributed by atoms with Crippen molar-refractivity contribution in [2.45, 2.75) is 85.5 Å². The van der Waals surface area contributed by atoms with Crippen molar-refractivity contribution in [1.29, 1.82) is 0 Å². The highest BCUT2D eigenvalue weighted by atomic mass is 127. The van der Waals surface area contributed by atoms with Crippen molar-refractivity contribution >= 4 is 22.6 Å². The Bertz CT molecular complexity index is 657. The maximum absolute atomic E-state index is 10.8. The first-order valence-electron chi connectivity index (χ1n) is 10.5. The molecular formula is C18H31IO15. The number of aliphatic hydroxyl groups excluding tert-OH is 10. The summed E-state index contributed by atoms with van der Waals surface area (Å²) in [6.07, 6.45) is -20.9. The highest BCUT2D eigenvalue weighted by Crippen LogP contribution is 2.36. The topological polar surface area (TPSA) is 248 Å². The Morgan fingerprint density at radius 2 is 1.21 bits per heavy atom. The zero-order chi connectivity index (χ0) is 25.4. The molecule has 3 saturated heterocycles. The van der Waals surface area contributed by atoms with Crippen LogP contribution in [0.5, 0.6) is 0 Å². The van der Waals surface area contributed by atoms with Crippen molar-refractivity contribution in [1.82, 2.24) is 0 Å². The van der Waals surface area contributed by atoms with E-state index in [1.807, 2.05) is 0 Å². The van der Waals surface area contributed by atoms with E-state index in [0.717, 1.165) is 0 Å². The number of hydrogen-bond donors (Lipinski definition) is 10. The fraction of sp³-hybridized carbons (Fsp3) is 1.00. The molecule has 3 rings (SSSR count). The molecule has 0 saturated carbocycles. The maximum atomic E-state index is 10.8. The fourth-order valence-corrected chi connectivity index (χ4v) is 4.81. The van der Waals surface area contributed by atoms with Crippen LogP contribution in [0.25, 0.3) is 0 Å². The van der Waals surface area contributed by atoms with E-state index in [2.05, 4.69) is 0 Å². The number of alkyl halides is 1. The molecule has 10 N–H and O–H groups in total. The van der Waals surface area contributed by atoms with Gasteiger partial charge in [-0.25, -0.2) is 0 Å². The Hall–Kier alpha value is 0.130. The smallest absolute Gasteiger partial charge is 0.209 e. The Balaban J connectivity index is 1.70. The maximum Gasteiger partial charge on any atom is 0.209 e. The second-order valence-corrected chi connectivity index (χ2v) is 9.14. The van der Waals surface area contributed by atoms with Gasteiger partial charge in [-0.1, -0.05) is 22.6 Å². The van der Waals surface area contributed by atoms with Gasteiger partial charge in [0.05, 0.1) is 24.2 Å². The third-order valence-corrected chi connectivity index (χ3v) is 7.22. The molecule has 0 aromatic heterocycles. The quantitative estimate of drug-likeness (QED) is 0.0947. The van der Waals surface area contributed by atoms with Crippen LogP contribution in [-0.4, -0.2) is 161 Å². The van der Waals surface area contributed by atoms with Gasteiger partial charge in [0.15, 0.2) is 12.6 Å². The van der Waals surface area contributed by atoms with Gasteiger partial charge in [0.1, 0.15) is 67.1 Å². The first kappa shape index (κ1) is 28.7. The molecule has 0 aromatic carbocycles. The van der Waals surface area contributed by atoms with Gasteiger partial charge in [-0.2, -0.15) is 0 Å². The molecule has 0 aromatic rings. The minimum Gasteiger partial charge on any atom is -0.394 e. The van der Waals surface area contributed by atoms with Crippen LogP contribution in [0.1, 0.15) is 0 Å². The van der Waals surface area contributed by atoms with Crippen LogP contribution in [0.4, 0.5) is 0 Å². The summed E-state index contributed by atoms with van der Waals surface area (Å²) in [5.74, 6) is -1.98. The molecule has 0 aliphatic carbocycles. The predicted octanol–water partition coefficient (Wildman–Crippen LogP) is -6.13. The first-order valence-corrected chi connectivity index (χ1v) is 12.0. The van der Waals surface area contributed by atoms with E-state index in [-0.39, 0.29) is 4.43 Å². The molecule has 0 unspecified atom stereocenters. The third kappa shape index (κ3) is 5.37. The van der Waals surface area contributed by atoms with Crippen molar-refractivity contribution < 1.29 is 74.7 Å². The van der Waals surface area contributed by atoms with E-state index in [9.17, 15) is 51.1 Å². The van der Waals surface area contributed by atoms with Gasteiger partial charge in [-0.15, -0.1) is 0 Å². The SMILES string of the molecule is OC[C@H]1O[C@H](O[C@@H]2CO[C@@](CI)(O[C@@H]3O[C@H](CO)[C@@H](O)[C@H](O)[C@H]3O)[C@@H](O)[C@@H]2O)[C@H](O)[C@@H](O)[C@@H]1O. The van der Waals surface area contributed by atoms with Crippen LogP contribution in [-0.2, 0) is 23.7 Å². The van der Waals surface area contributed by atoms with Gasteiger partial charge in [-0.05, 0) is 0 Å². The van der Waals surface area contributed by atoms with Crippen LogP contribution in [0, 0.1) is 0 Å². The standard InChI is InChI=1S/C18H31IO15/c19-4-18(34-17-14(28)12(26)9(23)6(2-21)32-17)15(29)10(24)7(3-30-18)33-16-13(27)11(25)8(22)5(1-20)31-16/h5-17,20-29H,1-4H2/t5-,6-,7-,8-,9-,10-,11+,12+,13-,14-,15+,16-,17+,18+/m1/s1. The number of hydrogen-bond acceptors (Lipinski definition) is 15. The molecule has 0 radical (unpaired) electrons. The number of halogens is 1. The zero-order valence-corrected chi connectivity index (χ0v) is 19.9. The Labute approximate surface area is 207 Å². The van der Waals surface area contributed by atoms with E-state index in [1.54, 1.807) is 22.6 Å². The van der Waals surface area contributed by atoms with Gasteiger partial charge < -0.3 is 74.7 Å². The third-order valence-electron chi connectivity index (χ3n) is 6.15. The summed E-state index contributed by atoms with van der Waals surface area (Å²) in [6.45, 7) is -1.85. The lowest BCUT2D eigenvalue weighted by molar-refractivity contribution is -0.410. The largest absolute Gasteiger partial charge is 0.394 e. The summed E-state index contributed by atoms with van der Waals surface area (Å²) >= 11 is 1.78. The van der Waals surface area contributed by atoms with Gasteiger partial charge in [-0.3, -0.25) is 0 Å². The fourth-order valence-electron chi connectivity index (χ4n) is 3.96. The second kappa shape index (κ2) is 11.7. The molecule has 3 aliphatic rings. The molecule has 14 atom stereocenters. The van der Waals surface area contributed by atoms with Crippen molar-refractivity contribution in [2.75, 3.05) is 24.2 Å². The summed E-state index contributed by atoms with van der Waals surface area (Å²) < 4.78 is 27.1. The van der Waals surface area contributed by atoms with Gasteiger partial charge in [0.2, 0.25) is 5.79 Å². The van der Waals surface area contributed by atoms with E-state index in [1.165, 1.54) is 0 Å². The summed E-state index contributed by atoms with van der Waals surface area (Å²) in [4.78, 5) is 0. The van der Waals surface area contributed by atoms with Crippen LogP contribution >= 0.6 is 22.6 Å². The first-order chi connectivity index (χ1) is 16.0. The van der Waals surface area contributed by atoms with Crippen molar-refractivity contribution in [2.24, 2.45) is 0 Å². The van der Waals surface area contributed by atoms with Crippen molar-refractivity contribution in [3.8, 4) is 0 Å². The monoisotopic (exact) mass is 614 g/mol. The Morgan fingerprint density at radius 3 is 1.71 bits per heavy atom. The predicted molar refractivity (Wildman–Crippen MR) is 113 cm³/mol. The van der Waals surface area contributed by atoms with Gasteiger partial charge in [0.25, 0.3) is 0 Å². The molecule has 34 heavy (non-hydrogen) atoms. The Morgan fingerprint density at radius 1 is 0.706 bits per heavy atom. The lowest BCUT2D eigenvalue weighted by Gasteiger charge is -2.49. The molecule has 200 valence electrons. The summed E-state index contributed by atoms with van der Waals surface area (Å²) in [5.41, 5.74) is 0. The van der Waals surface area contributed by atoms with Crippen LogP contribution < -0.4 is 0 Å². The van der Waals surface area contributed by atoms with Crippen LogP contribution in [0.2, 0.25) is 0 Å². The lowest BCUT2D eigenvalue weighted by atomic mass is 9.96. The molecule has 3 fully saturated rings. The normalized spacial score (nSPS) is 52.5. The summed E-state index contributed by atoms with van der Waals surface area (Å²) in [6, 6.07) is 0. The minimum atomic E-state index is -1.98. The highest BCUT2D eigenvalue weighted by molar-refractivity contribution is 14.1. The highest BCUT2D eigenvalue weighted by Gasteiger charge is 2.56. The van der Waals surface area contributed by atoms with E-state index in [4.69, 9.17) is 23.7 Å².